The fourth-order valence-corrected chi connectivity index (χ4v) is 3.17. The maximum absolute atomic E-state index is 10.9. The van der Waals surface area contributed by atoms with E-state index in [4.69, 9.17) is 15.5 Å². The van der Waals surface area contributed by atoms with Gasteiger partial charge in [-0.1, -0.05) is 19.1 Å². The van der Waals surface area contributed by atoms with Crippen LogP contribution < -0.4 is 21.1 Å². The molecule has 4 N–H and O–H groups in total. The first kappa shape index (κ1) is 21.0. The Morgan fingerprint density at radius 1 is 1.41 bits per heavy atom. The molecule has 7 heteroatoms. The zero-order valence-electron chi connectivity index (χ0n) is 16.9. The van der Waals surface area contributed by atoms with Gasteiger partial charge in [0.25, 0.3) is 5.91 Å². The van der Waals surface area contributed by atoms with Crippen LogP contribution >= 0.6 is 0 Å². The second-order valence-corrected chi connectivity index (χ2v) is 7.37. The van der Waals surface area contributed by atoms with Gasteiger partial charge in [0.15, 0.2) is 12.6 Å². The molecule has 0 radical (unpaired) electrons. The van der Waals surface area contributed by atoms with Crippen molar-refractivity contribution in [2.45, 2.75) is 46.3 Å². The fraction of sp³-hybridized carbons (Fsp3) is 0.600. The number of nitrogens with one attached hydrogen (secondary N) is 2. The van der Waals surface area contributed by atoms with Crippen molar-refractivity contribution >= 4 is 11.9 Å². The summed E-state index contributed by atoms with van der Waals surface area (Å²) in [5.74, 6) is 1.53. The second kappa shape index (κ2) is 10.2. The molecule has 0 bridgehead atoms. The largest absolute Gasteiger partial charge is 0.484 e. The van der Waals surface area contributed by atoms with E-state index in [1.807, 2.05) is 18.2 Å². The summed E-state index contributed by atoms with van der Waals surface area (Å²) >= 11 is 0. The Balaban J connectivity index is 1.99. The number of carbonyl (C=O) groups excluding carboxylic acids is 1. The van der Waals surface area contributed by atoms with Crippen molar-refractivity contribution in [1.82, 2.24) is 15.5 Å². The van der Waals surface area contributed by atoms with Gasteiger partial charge >= 0.3 is 0 Å². The van der Waals surface area contributed by atoms with Crippen molar-refractivity contribution in [2.75, 3.05) is 26.2 Å². The van der Waals surface area contributed by atoms with Crippen LogP contribution in [0.3, 0.4) is 0 Å². The normalized spacial score (nSPS) is 20.7. The number of likely N-dealkylation sites (tertiary alicyclic amines) is 1. The summed E-state index contributed by atoms with van der Waals surface area (Å²) in [5, 5.41) is 6.91. The predicted molar refractivity (Wildman–Crippen MR) is 109 cm³/mol. The van der Waals surface area contributed by atoms with E-state index >= 15 is 0 Å². The minimum absolute atomic E-state index is 0.122. The first-order chi connectivity index (χ1) is 12.9. The third-order valence-corrected chi connectivity index (χ3v) is 4.74. The van der Waals surface area contributed by atoms with Crippen LogP contribution in [0.1, 0.15) is 33.3 Å². The predicted octanol–water partition coefficient (Wildman–Crippen LogP) is 1.33. The highest BCUT2D eigenvalue weighted by atomic mass is 16.5. The van der Waals surface area contributed by atoms with Crippen LogP contribution in [0, 0.1) is 5.92 Å². The summed E-state index contributed by atoms with van der Waals surface area (Å²) in [7, 11) is 0. The molecule has 150 valence electrons. The van der Waals surface area contributed by atoms with Gasteiger partial charge in [-0.05, 0) is 44.4 Å². The SMILES string of the molecule is CCNC(=NCc1cccc(OCC(N)=O)c1)NC1CN(C(C)C)CC1C. The third-order valence-electron chi connectivity index (χ3n) is 4.74. The minimum atomic E-state index is -0.488. The van der Waals surface area contributed by atoms with E-state index in [1.165, 1.54) is 0 Å². The molecule has 1 heterocycles. The molecule has 0 spiro atoms. The summed E-state index contributed by atoms with van der Waals surface area (Å²) in [6.07, 6.45) is 0. The van der Waals surface area contributed by atoms with Crippen LogP contribution in [-0.4, -0.2) is 55.1 Å². The van der Waals surface area contributed by atoms with Gasteiger partial charge in [0.1, 0.15) is 5.75 Å². The molecule has 1 aromatic rings. The Morgan fingerprint density at radius 2 is 2.19 bits per heavy atom. The Kier molecular flexibility index (Phi) is 7.91. The summed E-state index contributed by atoms with van der Waals surface area (Å²) < 4.78 is 5.36. The number of hydrogen-bond acceptors (Lipinski definition) is 4. The molecule has 2 atom stereocenters. The van der Waals surface area contributed by atoms with Crippen LogP contribution in [0.15, 0.2) is 29.3 Å². The quantitative estimate of drug-likeness (QED) is 0.471. The van der Waals surface area contributed by atoms with Gasteiger partial charge in [0, 0.05) is 31.7 Å². The maximum atomic E-state index is 10.9. The van der Waals surface area contributed by atoms with Crippen molar-refractivity contribution in [3.8, 4) is 5.75 Å². The van der Waals surface area contributed by atoms with E-state index < -0.39 is 5.91 Å². The van der Waals surface area contributed by atoms with E-state index in [0.717, 1.165) is 31.2 Å². The van der Waals surface area contributed by atoms with Gasteiger partial charge in [-0.15, -0.1) is 0 Å². The second-order valence-electron chi connectivity index (χ2n) is 7.37. The number of guanidine groups is 1. The van der Waals surface area contributed by atoms with Crippen molar-refractivity contribution in [1.29, 1.82) is 0 Å². The number of ether oxygens (including phenoxy) is 1. The number of amides is 1. The maximum Gasteiger partial charge on any atom is 0.255 e. The van der Waals surface area contributed by atoms with Gasteiger partial charge in [-0.25, -0.2) is 4.99 Å². The minimum Gasteiger partial charge on any atom is -0.484 e. The van der Waals surface area contributed by atoms with Crippen LogP contribution in [0.5, 0.6) is 5.75 Å². The number of aliphatic imine (C=N–C) groups is 1. The standard InChI is InChI=1S/C20H33N5O2/c1-5-22-20(24-18-12-25(14(2)3)11-15(18)4)23-10-16-7-6-8-17(9-16)27-13-19(21)26/h6-9,14-15,18H,5,10-13H2,1-4H3,(H2,21,26)(H2,22,23,24). The zero-order valence-corrected chi connectivity index (χ0v) is 16.9. The van der Waals surface area contributed by atoms with Crippen molar-refractivity contribution in [3.05, 3.63) is 29.8 Å². The fourth-order valence-electron chi connectivity index (χ4n) is 3.17. The zero-order chi connectivity index (χ0) is 19.8. The lowest BCUT2D eigenvalue weighted by atomic mass is 10.1. The number of nitrogens with two attached hydrogens (primary N) is 1. The highest BCUT2D eigenvalue weighted by molar-refractivity contribution is 5.80. The van der Waals surface area contributed by atoms with Gasteiger partial charge in [0.2, 0.25) is 0 Å². The summed E-state index contributed by atoms with van der Waals surface area (Å²) in [6, 6.07) is 8.51. The van der Waals surface area contributed by atoms with E-state index in [-0.39, 0.29) is 6.61 Å². The van der Waals surface area contributed by atoms with Crippen molar-refractivity contribution in [2.24, 2.45) is 16.6 Å². The van der Waals surface area contributed by atoms with Crippen molar-refractivity contribution < 1.29 is 9.53 Å². The lowest BCUT2D eigenvalue weighted by Gasteiger charge is -2.22. The molecule has 1 saturated heterocycles. The Bertz CT molecular complexity index is 647. The molecule has 1 aromatic carbocycles. The first-order valence-electron chi connectivity index (χ1n) is 9.68. The summed E-state index contributed by atoms with van der Waals surface area (Å²) in [6.45, 7) is 12.2. The van der Waals surface area contributed by atoms with E-state index in [2.05, 4.69) is 43.2 Å². The van der Waals surface area contributed by atoms with Crippen LogP contribution in [0.4, 0.5) is 0 Å². The molecule has 1 fully saturated rings. The van der Waals surface area contributed by atoms with E-state index in [9.17, 15) is 4.79 Å². The van der Waals surface area contributed by atoms with Crippen molar-refractivity contribution in [3.63, 3.8) is 0 Å². The van der Waals surface area contributed by atoms with Gasteiger partial charge in [-0.2, -0.15) is 0 Å². The molecule has 2 rings (SSSR count). The van der Waals surface area contributed by atoms with E-state index in [1.54, 1.807) is 6.07 Å². The van der Waals surface area contributed by atoms with Gasteiger partial charge in [0.05, 0.1) is 6.54 Å². The number of hydrogen-bond donors (Lipinski definition) is 3. The molecule has 27 heavy (non-hydrogen) atoms. The van der Waals surface area contributed by atoms with Crippen LogP contribution in [-0.2, 0) is 11.3 Å². The average Bonchev–Trinajstić information content (AvgIpc) is 2.99. The molecule has 1 aliphatic heterocycles. The molecule has 2 unspecified atom stereocenters. The molecular formula is C20H33N5O2. The average molecular weight is 376 g/mol. The summed E-state index contributed by atoms with van der Waals surface area (Å²) in [5.41, 5.74) is 6.13. The highest BCUT2D eigenvalue weighted by Gasteiger charge is 2.31. The first-order valence-corrected chi connectivity index (χ1v) is 9.68. The van der Waals surface area contributed by atoms with E-state index in [0.29, 0.717) is 30.3 Å². The third kappa shape index (κ3) is 6.75. The monoisotopic (exact) mass is 375 g/mol. The highest BCUT2D eigenvalue weighted by Crippen LogP contribution is 2.19. The lowest BCUT2D eigenvalue weighted by molar-refractivity contribution is -0.119. The molecule has 7 nitrogen and oxygen atoms in total. The van der Waals surface area contributed by atoms with Crippen LogP contribution in [0.25, 0.3) is 0 Å². The number of carbonyl (C=O) groups is 1. The summed E-state index contributed by atoms with van der Waals surface area (Å²) in [4.78, 5) is 18.1. The molecule has 1 amide bonds. The Labute approximate surface area is 162 Å². The Morgan fingerprint density at radius 3 is 2.81 bits per heavy atom. The molecule has 1 aliphatic rings. The smallest absolute Gasteiger partial charge is 0.255 e. The Hall–Kier alpha value is -2.28. The molecule has 0 aromatic heterocycles. The molecule has 0 aliphatic carbocycles. The topological polar surface area (TPSA) is 92.0 Å². The molecule has 0 saturated carbocycles. The lowest BCUT2D eigenvalue weighted by Crippen LogP contribution is -2.46. The number of benzene rings is 1. The van der Waals surface area contributed by atoms with Crippen LogP contribution in [0.2, 0.25) is 0 Å². The number of nitrogens with zero attached hydrogens (tertiary/aromatic N) is 2. The number of primary amides is 1. The van der Waals surface area contributed by atoms with Gasteiger partial charge < -0.3 is 21.1 Å². The van der Waals surface area contributed by atoms with Gasteiger partial charge in [-0.3, -0.25) is 9.69 Å². The molecular weight excluding hydrogens is 342 g/mol. The number of rotatable bonds is 8.